The molecule has 5 nitrogen and oxygen atoms in total. The molecule has 0 amide bonds. The molecule has 2 aliphatic rings. The van der Waals surface area contributed by atoms with E-state index in [2.05, 4.69) is 33.2 Å². The molecule has 112 valence electrons. The SMILES string of the molecule is CCN1CCN(C(CN)c2cncn2C2CC2)CC1C. The standard InChI is InChI=1S/C15H27N5/c1-3-18-6-7-19(10-12(18)2)14(8-16)15-9-17-11-20(15)13-4-5-13/h9,11-14H,3-8,10,16H2,1-2H3. The van der Waals surface area contributed by atoms with Gasteiger partial charge in [0.15, 0.2) is 0 Å². The Hall–Kier alpha value is -0.910. The topological polar surface area (TPSA) is 50.3 Å². The second-order valence-electron chi connectivity index (χ2n) is 6.18. The van der Waals surface area contributed by atoms with E-state index in [9.17, 15) is 0 Å². The Bertz CT molecular complexity index is 439. The monoisotopic (exact) mass is 277 g/mol. The summed E-state index contributed by atoms with van der Waals surface area (Å²) in [7, 11) is 0. The van der Waals surface area contributed by atoms with Crippen LogP contribution in [0.2, 0.25) is 0 Å². The lowest BCUT2D eigenvalue weighted by Crippen LogP contribution is -2.53. The maximum Gasteiger partial charge on any atom is 0.0951 e. The minimum atomic E-state index is 0.319. The predicted molar refractivity (Wildman–Crippen MR) is 80.6 cm³/mol. The summed E-state index contributed by atoms with van der Waals surface area (Å²) in [4.78, 5) is 9.46. The average molecular weight is 277 g/mol. The van der Waals surface area contributed by atoms with Crippen LogP contribution in [0.3, 0.4) is 0 Å². The lowest BCUT2D eigenvalue weighted by Gasteiger charge is -2.42. The summed E-state index contributed by atoms with van der Waals surface area (Å²) in [5.41, 5.74) is 7.41. The molecular weight excluding hydrogens is 250 g/mol. The van der Waals surface area contributed by atoms with E-state index in [-0.39, 0.29) is 0 Å². The van der Waals surface area contributed by atoms with E-state index in [1.807, 2.05) is 12.5 Å². The Balaban J connectivity index is 1.74. The number of imidazole rings is 1. The molecule has 0 aromatic carbocycles. The molecule has 3 rings (SSSR count). The van der Waals surface area contributed by atoms with E-state index in [0.29, 0.717) is 24.7 Å². The number of likely N-dealkylation sites (N-methyl/N-ethyl adjacent to an activating group) is 1. The van der Waals surface area contributed by atoms with Crippen LogP contribution in [0.4, 0.5) is 0 Å². The van der Waals surface area contributed by atoms with Crippen molar-refractivity contribution in [3.05, 3.63) is 18.2 Å². The largest absolute Gasteiger partial charge is 0.330 e. The molecule has 20 heavy (non-hydrogen) atoms. The van der Waals surface area contributed by atoms with Gasteiger partial charge >= 0.3 is 0 Å². The summed E-state index contributed by atoms with van der Waals surface area (Å²) in [6.45, 7) is 9.74. The van der Waals surface area contributed by atoms with Gasteiger partial charge in [-0.25, -0.2) is 4.98 Å². The van der Waals surface area contributed by atoms with Gasteiger partial charge in [0.05, 0.1) is 18.1 Å². The van der Waals surface area contributed by atoms with Crippen molar-refractivity contribution in [2.24, 2.45) is 5.73 Å². The first kappa shape index (κ1) is 14.0. The first-order valence-electron chi connectivity index (χ1n) is 7.94. The summed E-state index contributed by atoms with van der Waals surface area (Å²) in [6.07, 6.45) is 6.59. The van der Waals surface area contributed by atoms with Crippen LogP contribution >= 0.6 is 0 Å². The third-order valence-electron chi connectivity index (χ3n) is 4.84. The van der Waals surface area contributed by atoms with E-state index >= 15 is 0 Å². The Morgan fingerprint density at radius 3 is 2.80 bits per heavy atom. The quantitative estimate of drug-likeness (QED) is 0.880. The molecule has 1 saturated heterocycles. The summed E-state index contributed by atoms with van der Waals surface area (Å²) in [5, 5.41) is 0. The number of aromatic nitrogens is 2. The summed E-state index contributed by atoms with van der Waals surface area (Å²) in [6, 6.07) is 1.61. The smallest absolute Gasteiger partial charge is 0.0951 e. The van der Waals surface area contributed by atoms with Crippen LogP contribution in [0.25, 0.3) is 0 Å². The summed E-state index contributed by atoms with van der Waals surface area (Å²) < 4.78 is 2.36. The van der Waals surface area contributed by atoms with Crippen LogP contribution in [0, 0.1) is 0 Å². The molecule has 2 N–H and O–H groups in total. The molecule has 2 unspecified atom stereocenters. The van der Waals surface area contributed by atoms with Crippen molar-refractivity contribution >= 4 is 0 Å². The van der Waals surface area contributed by atoms with Crippen LogP contribution in [0.1, 0.15) is 44.5 Å². The molecule has 1 aromatic rings. The lowest BCUT2D eigenvalue weighted by molar-refractivity contribution is 0.0583. The minimum absolute atomic E-state index is 0.319. The van der Waals surface area contributed by atoms with Gasteiger partial charge in [0, 0.05) is 44.5 Å². The normalized spacial score (nSPS) is 26.9. The molecular formula is C15H27N5. The maximum atomic E-state index is 6.10. The van der Waals surface area contributed by atoms with Crippen molar-refractivity contribution in [2.45, 2.75) is 44.8 Å². The molecule has 0 bridgehead atoms. The van der Waals surface area contributed by atoms with E-state index in [0.717, 1.165) is 26.2 Å². The highest BCUT2D eigenvalue weighted by Gasteiger charge is 2.32. The van der Waals surface area contributed by atoms with Gasteiger partial charge in [0.25, 0.3) is 0 Å². The first-order chi connectivity index (χ1) is 9.74. The van der Waals surface area contributed by atoms with Crippen molar-refractivity contribution in [1.29, 1.82) is 0 Å². The Morgan fingerprint density at radius 2 is 2.20 bits per heavy atom. The van der Waals surface area contributed by atoms with Gasteiger partial charge < -0.3 is 10.3 Å². The zero-order chi connectivity index (χ0) is 14.1. The molecule has 1 aromatic heterocycles. The molecule has 1 aliphatic carbocycles. The Morgan fingerprint density at radius 1 is 1.40 bits per heavy atom. The first-order valence-corrected chi connectivity index (χ1v) is 7.94. The third kappa shape index (κ3) is 2.62. The number of hydrogen-bond acceptors (Lipinski definition) is 4. The Labute approximate surface area is 121 Å². The zero-order valence-electron chi connectivity index (χ0n) is 12.7. The number of rotatable bonds is 5. The number of nitrogens with zero attached hydrogens (tertiary/aromatic N) is 4. The number of piperazine rings is 1. The fraction of sp³-hybridized carbons (Fsp3) is 0.800. The van der Waals surface area contributed by atoms with Crippen LogP contribution in [-0.2, 0) is 0 Å². The van der Waals surface area contributed by atoms with Crippen molar-refractivity contribution in [3.8, 4) is 0 Å². The molecule has 2 atom stereocenters. The second kappa shape index (κ2) is 5.84. The maximum absolute atomic E-state index is 6.10. The van der Waals surface area contributed by atoms with Crippen molar-refractivity contribution in [3.63, 3.8) is 0 Å². The summed E-state index contributed by atoms with van der Waals surface area (Å²) >= 11 is 0. The fourth-order valence-corrected chi connectivity index (χ4v) is 3.46. The number of hydrogen-bond donors (Lipinski definition) is 1. The molecule has 2 fully saturated rings. The van der Waals surface area contributed by atoms with E-state index in [1.165, 1.54) is 18.5 Å². The van der Waals surface area contributed by atoms with Gasteiger partial charge in [-0.1, -0.05) is 6.92 Å². The third-order valence-corrected chi connectivity index (χ3v) is 4.84. The zero-order valence-corrected chi connectivity index (χ0v) is 12.7. The van der Waals surface area contributed by atoms with Crippen molar-refractivity contribution in [1.82, 2.24) is 19.4 Å². The fourth-order valence-electron chi connectivity index (χ4n) is 3.46. The lowest BCUT2D eigenvalue weighted by atomic mass is 10.1. The van der Waals surface area contributed by atoms with Crippen LogP contribution in [-0.4, -0.2) is 58.1 Å². The molecule has 1 aliphatic heterocycles. The molecule has 2 heterocycles. The van der Waals surface area contributed by atoms with Crippen LogP contribution in [0.5, 0.6) is 0 Å². The van der Waals surface area contributed by atoms with Gasteiger partial charge in [-0.2, -0.15) is 0 Å². The highest BCUT2D eigenvalue weighted by Crippen LogP contribution is 2.37. The van der Waals surface area contributed by atoms with E-state index < -0.39 is 0 Å². The minimum Gasteiger partial charge on any atom is -0.330 e. The van der Waals surface area contributed by atoms with Crippen molar-refractivity contribution < 1.29 is 0 Å². The van der Waals surface area contributed by atoms with Crippen LogP contribution in [0.15, 0.2) is 12.5 Å². The van der Waals surface area contributed by atoms with Gasteiger partial charge in [-0.15, -0.1) is 0 Å². The predicted octanol–water partition coefficient (Wildman–Crippen LogP) is 1.24. The van der Waals surface area contributed by atoms with Crippen molar-refractivity contribution in [2.75, 3.05) is 32.7 Å². The van der Waals surface area contributed by atoms with Gasteiger partial charge in [0.1, 0.15) is 0 Å². The molecule has 0 radical (unpaired) electrons. The highest BCUT2D eigenvalue weighted by molar-refractivity contribution is 5.10. The average Bonchev–Trinajstić information content (AvgIpc) is 3.19. The van der Waals surface area contributed by atoms with Crippen LogP contribution < -0.4 is 5.73 Å². The van der Waals surface area contributed by atoms with Gasteiger partial charge in [-0.3, -0.25) is 9.80 Å². The molecule has 5 heteroatoms. The summed E-state index contributed by atoms with van der Waals surface area (Å²) in [5.74, 6) is 0. The van der Waals surface area contributed by atoms with E-state index in [1.54, 1.807) is 0 Å². The highest BCUT2D eigenvalue weighted by atomic mass is 15.3. The Kier molecular flexibility index (Phi) is 4.10. The molecule has 1 saturated carbocycles. The number of nitrogens with two attached hydrogens (primary N) is 1. The molecule has 0 spiro atoms. The van der Waals surface area contributed by atoms with Gasteiger partial charge in [0.2, 0.25) is 0 Å². The van der Waals surface area contributed by atoms with E-state index in [4.69, 9.17) is 5.73 Å². The van der Waals surface area contributed by atoms with Gasteiger partial charge in [-0.05, 0) is 26.3 Å². The second-order valence-corrected chi connectivity index (χ2v) is 6.18.